The second-order valence-corrected chi connectivity index (χ2v) is 8.06. The molecule has 6 nitrogen and oxygen atoms in total. The number of benzene rings is 3. The smallest absolute Gasteiger partial charge is 0.244 e. The summed E-state index contributed by atoms with van der Waals surface area (Å²) in [7, 11) is 3.06. The molecular weight excluding hydrogens is 447 g/mol. The van der Waals surface area contributed by atoms with Crippen molar-refractivity contribution in [2.75, 3.05) is 26.1 Å². The average Bonchev–Trinajstić information content (AvgIpc) is 2.95. The summed E-state index contributed by atoms with van der Waals surface area (Å²) in [5.74, 6) is 0.0543. The van der Waals surface area contributed by atoms with Gasteiger partial charge in [-0.3, -0.25) is 9.59 Å². The number of fused-ring (bicyclic) bond motifs is 1. The normalized spacial score (nSPS) is 15.3. The molecule has 0 aromatic heterocycles. The summed E-state index contributed by atoms with van der Waals surface area (Å²) in [4.78, 5) is 27.7. The molecule has 4 rings (SSSR count). The van der Waals surface area contributed by atoms with Crippen LogP contribution >= 0.6 is 11.6 Å². The molecule has 1 aliphatic heterocycles. The first-order valence-electron chi connectivity index (χ1n) is 10.2. The summed E-state index contributed by atoms with van der Waals surface area (Å²) in [6.07, 6.45) is 0.0290. The second-order valence-electron chi connectivity index (χ2n) is 7.62. The maximum absolute atomic E-state index is 13.6. The van der Waals surface area contributed by atoms with Crippen molar-refractivity contribution in [3.8, 4) is 11.5 Å². The maximum Gasteiger partial charge on any atom is 0.244 e. The van der Waals surface area contributed by atoms with Crippen LogP contribution in [-0.4, -0.2) is 37.5 Å². The lowest BCUT2D eigenvalue weighted by Crippen LogP contribution is -2.39. The van der Waals surface area contributed by atoms with E-state index in [0.717, 1.165) is 0 Å². The molecule has 0 radical (unpaired) electrons. The highest BCUT2D eigenvalue weighted by Crippen LogP contribution is 2.38. The molecule has 0 fully saturated rings. The van der Waals surface area contributed by atoms with Gasteiger partial charge in [0.2, 0.25) is 11.8 Å². The summed E-state index contributed by atoms with van der Waals surface area (Å²) >= 11 is 6.26. The van der Waals surface area contributed by atoms with Crippen LogP contribution in [0.1, 0.15) is 22.7 Å². The van der Waals surface area contributed by atoms with E-state index in [0.29, 0.717) is 38.9 Å². The van der Waals surface area contributed by atoms with Gasteiger partial charge in [-0.1, -0.05) is 29.8 Å². The van der Waals surface area contributed by atoms with Gasteiger partial charge in [0.05, 0.1) is 26.7 Å². The Morgan fingerprint density at radius 1 is 1.06 bits per heavy atom. The summed E-state index contributed by atoms with van der Waals surface area (Å²) < 4.78 is 24.2. The van der Waals surface area contributed by atoms with E-state index >= 15 is 0 Å². The van der Waals surface area contributed by atoms with Crippen molar-refractivity contribution in [1.29, 1.82) is 0 Å². The molecular formula is C25H22ClFN2O4. The molecule has 8 heteroatoms. The van der Waals surface area contributed by atoms with E-state index in [1.807, 2.05) is 0 Å². The molecule has 0 aliphatic carbocycles. The molecule has 0 saturated carbocycles. The SMILES string of the molecule is COc1ccc(CC(=O)N2CC(=O)Nc3ccc(Cl)cc3[C@H]2c2ccc(F)cc2)cc1OC. The fourth-order valence-electron chi connectivity index (χ4n) is 3.98. The summed E-state index contributed by atoms with van der Waals surface area (Å²) in [6, 6.07) is 15.6. The lowest BCUT2D eigenvalue weighted by atomic mass is 9.95. The third-order valence-electron chi connectivity index (χ3n) is 5.52. The predicted octanol–water partition coefficient (Wildman–Crippen LogP) is 4.61. The van der Waals surface area contributed by atoms with Crippen molar-refractivity contribution >= 4 is 29.1 Å². The minimum atomic E-state index is -0.633. The number of hydrogen-bond donors (Lipinski definition) is 1. The molecule has 2 amide bonds. The average molecular weight is 469 g/mol. The van der Waals surface area contributed by atoms with Gasteiger partial charge in [0.1, 0.15) is 12.4 Å². The lowest BCUT2D eigenvalue weighted by molar-refractivity contribution is -0.135. The van der Waals surface area contributed by atoms with Crippen molar-refractivity contribution < 1.29 is 23.5 Å². The quantitative estimate of drug-likeness (QED) is 0.594. The van der Waals surface area contributed by atoms with Crippen molar-refractivity contribution in [1.82, 2.24) is 4.90 Å². The first kappa shape index (κ1) is 22.6. The summed E-state index contributed by atoms with van der Waals surface area (Å²) in [6.45, 7) is -0.166. The van der Waals surface area contributed by atoms with Crippen LogP contribution in [0.4, 0.5) is 10.1 Å². The minimum absolute atomic E-state index is 0.0290. The number of hydrogen-bond acceptors (Lipinski definition) is 4. The number of halogens is 2. The number of amides is 2. The topological polar surface area (TPSA) is 67.9 Å². The molecule has 1 heterocycles. The Morgan fingerprint density at radius 2 is 1.79 bits per heavy atom. The zero-order valence-electron chi connectivity index (χ0n) is 18.1. The standard InChI is InChI=1S/C25H22ClFN2O4/c1-32-21-10-3-15(11-22(21)33-2)12-24(31)29-14-23(30)28-20-9-6-17(26)13-19(20)25(29)16-4-7-18(27)8-5-16/h3-11,13,25H,12,14H2,1-2H3,(H,28,30)/t25-/m1/s1. The molecule has 170 valence electrons. The van der Waals surface area contributed by atoms with Crippen LogP contribution in [0.5, 0.6) is 11.5 Å². The minimum Gasteiger partial charge on any atom is -0.493 e. The lowest BCUT2D eigenvalue weighted by Gasteiger charge is -2.31. The monoisotopic (exact) mass is 468 g/mol. The van der Waals surface area contributed by atoms with E-state index in [-0.39, 0.29) is 24.8 Å². The van der Waals surface area contributed by atoms with Crippen LogP contribution in [0.25, 0.3) is 0 Å². The number of nitrogens with one attached hydrogen (secondary N) is 1. The molecule has 0 bridgehead atoms. The van der Waals surface area contributed by atoms with E-state index in [9.17, 15) is 14.0 Å². The van der Waals surface area contributed by atoms with Crippen molar-refractivity contribution in [2.24, 2.45) is 0 Å². The Hall–Kier alpha value is -3.58. The van der Waals surface area contributed by atoms with E-state index in [1.165, 1.54) is 31.3 Å². The van der Waals surface area contributed by atoms with Gasteiger partial charge in [-0.2, -0.15) is 0 Å². The summed E-state index contributed by atoms with van der Waals surface area (Å²) in [5, 5.41) is 3.30. The van der Waals surface area contributed by atoms with Gasteiger partial charge in [0.15, 0.2) is 11.5 Å². The third-order valence-corrected chi connectivity index (χ3v) is 5.75. The molecule has 0 unspecified atom stereocenters. The Morgan fingerprint density at radius 3 is 2.48 bits per heavy atom. The van der Waals surface area contributed by atoms with Crippen molar-refractivity contribution in [2.45, 2.75) is 12.5 Å². The van der Waals surface area contributed by atoms with Crippen LogP contribution in [-0.2, 0) is 16.0 Å². The maximum atomic E-state index is 13.6. The highest BCUT2D eigenvalue weighted by molar-refractivity contribution is 6.30. The van der Waals surface area contributed by atoms with Crippen molar-refractivity contribution in [3.63, 3.8) is 0 Å². The Bertz CT molecular complexity index is 1200. The van der Waals surface area contributed by atoms with Gasteiger partial charge in [-0.25, -0.2) is 4.39 Å². The molecule has 1 aliphatic rings. The first-order chi connectivity index (χ1) is 15.9. The van der Waals surface area contributed by atoms with Gasteiger partial charge < -0.3 is 19.7 Å². The number of carbonyl (C=O) groups excluding carboxylic acids is 2. The van der Waals surface area contributed by atoms with Gasteiger partial charge in [0, 0.05) is 16.3 Å². The summed E-state index contributed by atoms with van der Waals surface area (Å²) in [5.41, 5.74) is 2.57. The Kier molecular flexibility index (Phi) is 6.51. The fraction of sp³-hybridized carbons (Fsp3) is 0.200. The predicted molar refractivity (Wildman–Crippen MR) is 123 cm³/mol. The molecule has 3 aromatic rings. The zero-order valence-corrected chi connectivity index (χ0v) is 18.9. The first-order valence-corrected chi connectivity index (χ1v) is 10.6. The highest BCUT2D eigenvalue weighted by Gasteiger charge is 2.33. The molecule has 33 heavy (non-hydrogen) atoms. The van der Waals surface area contributed by atoms with Gasteiger partial charge >= 0.3 is 0 Å². The number of methoxy groups -OCH3 is 2. The molecule has 1 N–H and O–H groups in total. The number of anilines is 1. The van der Waals surface area contributed by atoms with Crippen molar-refractivity contribution in [3.05, 3.63) is 88.2 Å². The van der Waals surface area contributed by atoms with E-state index in [2.05, 4.69) is 5.32 Å². The molecule has 0 saturated heterocycles. The highest BCUT2D eigenvalue weighted by atomic mass is 35.5. The van der Waals surface area contributed by atoms with Crippen LogP contribution in [0.2, 0.25) is 5.02 Å². The Labute approximate surface area is 195 Å². The molecule has 0 spiro atoms. The number of ether oxygens (including phenoxy) is 2. The van der Waals surface area contributed by atoms with E-state index < -0.39 is 11.9 Å². The number of carbonyl (C=O) groups is 2. The van der Waals surface area contributed by atoms with E-state index in [4.69, 9.17) is 21.1 Å². The third kappa shape index (κ3) is 4.78. The van der Waals surface area contributed by atoms with Gasteiger partial charge in [-0.15, -0.1) is 0 Å². The van der Waals surface area contributed by atoms with E-state index in [1.54, 1.807) is 48.5 Å². The zero-order chi connectivity index (χ0) is 23.5. The van der Waals surface area contributed by atoms with Crippen LogP contribution in [0.15, 0.2) is 60.7 Å². The molecule has 1 atom stereocenters. The van der Waals surface area contributed by atoms with Crippen LogP contribution < -0.4 is 14.8 Å². The molecule has 3 aromatic carbocycles. The van der Waals surface area contributed by atoms with Crippen LogP contribution in [0.3, 0.4) is 0 Å². The number of nitrogens with zero attached hydrogens (tertiary/aromatic N) is 1. The number of rotatable bonds is 5. The second kappa shape index (κ2) is 9.50. The van der Waals surface area contributed by atoms with Crippen LogP contribution in [0, 0.1) is 5.82 Å². The Balaban J connectivity index is 1.76. The fourth-order valence-corrected chi connectivity index (χ4v) is 4.16. The largest absolute Gasteiger partial charge is 0.493 e. The van der Waals surface area contributed by atoms with Gasteiger partial charge in [-0.05, 0) is 53.6 Å². The van der Waals surface area contributed by atoms with Gasteiger partial charge in [0.25, 0.3) is 0 Å².